The Bertz CT molecular complexity index is 1780. The van der Waals surface area contributed by atoms with E-state index >= 15 is 0 Å². The van der Waals surface area contributed by atoms with Crippen LogP contribution in [-0.2, 0) is 16.1 Å². The van der Waals surface area contributed by atoms with Crippen LogP contribution in [0.2, 0.25) is 0 Å². The lowest BCUT2D eigenvalue weighted by atomic mass is 10.1. The normalized spacial score (nSPS) is 14.5. The van der Waals surface area contributed by atoms with Crippen molar-refractivity contribution in [3.05, 3.63) is 84.2 Å². The van der Waals surface area contributed by atoms with Crippen LogP contribution >= 0.6 is 11.8 Å². The second-order valence-electron chi connectivity index (χ2n) is 9.90. The van der Waals surface area contributed by atoms with Crippen LogP contribution in [0.15, 0.2) is 78.0 Å². The lowest BCUT2D eigenvalue weighted by Crippen LogP contribution is -2.41. The maximum Gasteiger partial charge on any atom is 0.499 e. The summed E-state index contributed by atoms with van der Waals surface area (Å²) < 4.78 is 79.3. The van der Waals surface area contributed by atoms with Crippen molar-refractivity contribution in [3.63, 3.8) is 0 Å². The molecule has 0 spiro atoms. The number of rotatable bonds is 10. The van der Waals surface area contributed by atoms with E-state index in [4.69, 9.17) is 9.47 Å². The van der Waals surface area contributed by atoms with Crippen molar-refractivity contribution < 1.29 is 45.8 Å². The van der Waals surface area contributed by atoms with Gasteiger partial charge in [-0.1, -0.05) is 23.9 Å². The molecule has 3 amide bonds. The third kappa shape index (κ3) is 7.86. The largest absolute Gasteiger partial charge is 0.499 e. The van der Waals surface area contributed by atoms with Crippen molar-refractivity contribution in [3.8, 4) is 28.6 Å². The highest BCUT2D eigenvalue weighted by Gasteiger charge is 2.61. The molecule has 0 atom stereocenters. The van der Waals surface area contributed by atoms with Crippen LogP contribution < -0.4 is 19.7 Å². The van der Waals surface area contributed by atoms with E-state index in [0.717, 1.165) is 35.0 Å². The Hall–Kier alpha value is -5.03. The van der Waals surface area contributed by atoms with Gasteiger partial charge in [0, 0.05) is 18.2 Å². The molecule has 47 heavy (non-hydrogen) atoms. The number of hydrogen-bond donors (Lipinski definition) is 1. The minimum atomic E-state index is -5.85. The average molecular weight is 677 g/mol. The number of hydrogen-bond acceptors (Lipinski definition) is 8. The Balaban J connectivity index is 1.16. The molecule has 0 unspecified atom stereocenters. The zero-order valence-corrected chi connectivity index (χ0v) is 25.4. The van der Waals surface area contributed by atoms with Crippen molar-refractivity contribution >= 4 is 34.6 Å². The minimum absolute atomic E-state index is 0.135. The number of nitrogens with one attached hydrogen (secondary N) is 1. The number of amides is 3. The number of halogens is 5. The Labute approximate surface area is 268 Å². The van der Waals surface area contributed by atoms with Crippen LogP contribution in [0, 0.1) is 6.92 Å². The van der Waals surface area contributed by atoms with Crippen LogP contribution in [0.25, 0.3) is 17.1 Å². The minimum Gasteiger partial charge on any atom is -0.473 e. The number of methoxy groups -OCH3 is 1. The maximum atomic E-state index is 13.1. The van der Waals surface area contributed by atoms with Gasteiger partial charge in [-0.15, -0.1) is 5.10 Å². The number of amidine groups is 1. The van der Waals surface area contributed by atoms with Gasteiger partial charge < -0.3 is 19.5 Å². The molecule has 0 aliphatic carbocycles. The number of aromatic nitrogens is 3. The summed E-state index contributed by atoms with van der Waals surface area (Å²) in [7, 11) is 1.55. The molecule has 2 heterocycles. The molecule has 1 fully saturated rings. The number of carbonyl (C=O) groups is 2. The monoisotopic (exact) mass is 676 g/mol. The summed E-state index contributed by atoms with van der Waals surface area (Å²) in [5, 5.41) is 7.06. The predicted octanol–water partition coefficient (Wildman–Crippen LogP) is 6.10. The third-order valence-electron chi connectivity index (χ3n) is 6.49. The molecule has 1 aromatic heterocycles. The van der Waals surface area contributed by atoms with E-state index in [0.29, 0.717) is 28.5 Å². The molecule has 1 aliphatic heterocycles. The van der Waals surface area contributed by atoms with Gasteiger partial charge in [-0.05, 0) is 67.1 Å². The molecule has 11 nitrogen and oxygen atoms in total. The molecule has 4 aromatic rings. The smallest absolute Gasteiger partial charge is 0.473 e. The van der Waals surface area contributed by atoms with Gasteiger partial charge in [0.15, 0.2) is 17.7 Å². The molecule has 17 heteroatoms. The standard InChI is InChI=1S/C30H25F5N6O5S/c1-18-3-4-20(14-44-2)24(13-18)41-25(42)15-47-28(41)38-27(43)37-17-45-22-9-5-19(6-10-22)26-36-16-40(39-26)21-7-11-23(12-8-21)46-30(34,35)29(31,32)33/h3-13,16H,14-15,17H2,1-2H3,(H,37,43). The van der Waals surface area contributed by atoms with Crippen LogP contribution in [0.4, 0.5) is 32.4 Å². The number of ether oxygens (including phenoxy) is 3. The molecule has 5 rings (SSSR count). The number of benzene rings is 3. The Morgan fingerprint density at radius 1 is 1.02 bits per heavy atom. The Kier molecular flexibility index (Phi) is 9.76. The van der Waals surface area contributed by atoms with Crippen molar-refractivity contribution in [2.24, 2.45) is 4.99 Å². The molecular weight excluding hydrogens is 651 g/mol. The predicted molar refractivity (Wildman–Crippen MR) is 162 cm³/mol. The van der Waals surface area contributed by atoms with E-state index in [1.165, 1.54) is 28.0 Å². The number of urea groups is 1. The molecule has 1 aliphatic rings. The molecule has 0 saturated carbocycles. The van der Waals surface area contributed by atoms with Crippen LogP contribution in [-0.4, -0.2) is 63.7 Å². The van der Waals surface area contributed by atoms with Crippen LogP contribution in [0.3, 0.4) is 0 Å². The van der Waals surface area contributed by atoms with E-state index in [1.807, 2.05) is 25.1 Å². The summed E-state index contributed by atoms with van der Waals surface area (Å²) in [5.41, 5.74) is 3.23. The van der Waals surface area contributed by atoms with Gasteiger partial charge in [-0.2, -0.15) is 26.9 Å². The SMILES string of the molecule is COCc1ccc(C)cc1N1C(=O)CSC1=NC(=O)NCOc1ccc(-c2ncn(-c3ccc(OC(F)(F)C(F)(F)F)cc3)n2)cc1. The first-order chi connectivity index (χ1) is 22.3. The maximum absolute atomic E-state index is 13.1. The first-order valence-corrected chi connectivity index (χ1v) is 14.6. The second kappa shape index (κ2) is 13.8. The summed E-state index contributed by atoms with van der Waals surface area (Å²) in [6.45, 7) is 1.96. The van der Waals surface area contributed by atoms with Crippen LogP contribution in [0.5, 0.6) is 11.5 Å². The highest BCUT2D eigenvalue weighted by Crippen LogP contribution is 2.37. The van der Waals surface area contributed by atoms with E-state index in [2.05, 4.69) is 25.1 Å². The molecular formula is C30H25F5N6O5S. The average Bonchev–Trinajstić information content (AvgIpc) is 3.65. The molecule has 1 saturated heterocycles. The Morgan fingerprint density at radius 3 is 2.40 bits per heavy atom. The van der Waals surface area contributed by atoms with Gasteiger partial charge in [-0.25, -0.2) is 14.5 Å². The lowest BCUT2D eigenvalue weighted by Gasteiger charge is -2.20. The van der Waals surface area contributed by atoms with Crippen molar-refractivity contribution in [2.45, 2.75) is 25.8 Å². The molecule has 0 radical (unpaired) electrons. The lowest BCUT2D eigenvalue weighted by molar-refractivity contribution is -0.360. The number of carbonyl (C=O) groups excluding carboxylic acids is 2. The van der Waals surface area contributed by atoms with Gasteiger partial charge >= 0.3 is 18.3 Å². The summed E-state index contributed by atoms with van der Waals surface area (Å²) in [6, 6.07) is 15.9. The topological polar surface area (TPSA) is 120 Å². The summed E-state index contributed by atoms with van der Waals surface area (Å²) in [6.07, 6.45) is -9.85. The number of alkyl halides is 5. The van der Waals surface area contributed by atoms with E-state index in [1.54, 1.807) is 31.4 Å². The van der Waals surface area contributed by atoms with E-state index < -0.39 is 24.1 Å². The third-order valence-corrected chi connectivity index (χ3v) is 7.41. The van der Waals surface area contributed by atoms with Gasteiger partial charge in [0.1, 0.15) is 17.8 Å². The summed E-state index contributed by atoms with van der Waals surface area (Å²) in [4.78, 5) is 34.9. The van der Waals surface area contributed by atoms with E-state index in [-0.39, 0.29) is 30.2 Å². The van der Waals surface area contributed by atoms with Gasteiger partial charge in [0.2, 0.25) is 5.91 Å². The van der Waals surface area contributed by atoms with Crippen molar-refractivity contribution in [1.29, 1.82) is 0 Å². The molecule has 0 bridgehead atoms. The fraction of sp³-hybridized carbons (Fsp3) is 0.233. The van der Waals surface area contributed by atoms with Gasteiger partial charge in [0.25, 0.3) is 0 Å². The summed E-state index contributed by atoms with van der Waals surface area (Å²) >= 11 is 1.15. The number of nitrogens with zero attached hydrogens (tertiary/aromatic N) is 5. The fourth-order valence-corrected chi connectivity index (χ4v) is 5.10. The first kappa shape index (κ1) is 33.3. The second-order valence-corrected chi connectivity index (χ2v) is 10.8. The zero-order valence-electron chi connectivity index (χ0n) is 24.6. The number of anilines is 1. The van der Waals surface area contributed by atoms with Crippen molar-refractivity contribution in [1.82, 2.24) is 20.1 Å². The number of aryl methyl sites for hydroxylation is 1. The molecule has 1 N–H and O–H groups in total. The first-order valence-electron chi connectivity index (χ1n) is 13.6. The van der Waals surface area contributed by atoms with Gasteiger partial charge in [0.05, 0.1) is 23.7 Å². The number of aliphatic imine (C=N–C) groups is 1. The molecule has 3 aromatic carbocycles. The highest BCUT2D eigenvalue weighted by molar-refractivity contribution is 8.15. The number of thioether (sulfide) groups is 1. The fourth-order valence-electron chi connectivity index (χ4n) is 4.24. The van der Waals surface area contributed by atoms with Gasteiger partial charge in [-0.3, -0.25) is 9.69 Å². The Morgan fingerprint density at radius 2 is 1.72 bits per heavy atom. The quantitative estimate of drug-likeness (QED) is 0.158. The van der Waals surface area contributed by atoms with Crippen LogP contribution in [0.1, 0.15) is 11.1 Å². The molecule has 246 valence electrons. The van der Waals surface area contributed by atoms with Crippen molar-refractivity contribution in [2.75, 3.05) is 24.5 Å². The zero-order chi connectivity index (χ0) is 33.8. The highest BCUT2D eigenvalue weighted by atomic mass is 32.2. The van der Waals surface area contributed by atoms with E-state index in [9.17, 15) is 31.5 Å². The summed E-state index contributed by atoms with van der Waals surface area (Å²) in [5.74, 6) is -0.0523.